The Kier molecular flexibility index (Phi) is 7.31. The number of hydrogen-bond acceptors (Lipinski definition) is 1. The summed E-state index contributed by atoms with van der Waals surface area (Å²) < 4.78 is 0. The Morgan fingerprint density at radius 3 is 2.71 bits per heavy atom. The highest BCUT2D eigenvalue weighted by Crippen LogP contribution is 2.22. The molecule has 0 fully saturated rings. The van der Waals surface area contributed by atoms with Crippen LogP contribution in [0.25, 0.3) is 10.9 Å². The number of nitrogens with zero attached hydrogens (tertiary/aromatic N) is 2. The van der Waals surface area contributed by atoms with E-state index in [4.69, 9.17) is 17.3 Å². The van der Waals surface area contributed by atoms with E-state index in [2.05, 4.69) is 23.8 Å². The lowest BCUT2D eigenvalue weighted by Gasteiger charge is -2.19. The number of guanidine groups is 1. The molecule has 2 aromatic rings. The van der Waals surface area contributed by atoms with Gasteiger partial charge in [0, 0.05) is 41.8 Å². The average Bonchev–Trinajstić information content (AvgIpc) is 2.83. The third-order valence-electron chi connectivity index (χ3n) is 3.47. The first-order chi connectivity index (χ1) is 9.65. The third-order valence-corrected chi connectivity index (χ3v) is 3.71. The number of nitrogens with one attached hydrogen (secondary N) is 1. The van der Waals surface area contributed by atoms with Crippen LogP contribution in [0.5, 0.6) is 0 Å². The molecule has 2 rings (SSSR count). The smallest absolute Gasteiger partial charge is 0.191 e. The molecule has 0 amide bonds. The van der Waals surface area contributed by atoms with Gasteiger partial charge in [0.1, 0.15) is 0 Å². The summed E-state index contributed by atoms with van der Waals surface area (Å²) in [6.07, 6.45) is 2.87. The summed E-state index contributed by atoms with van der Waals surface area (Å²) in [5, 5.41) is 1.92. The minimum absolute atomic E-state index is 0. The van der Waals surface area contributed by atoms with E-state index in [1.54, 1.807) is 0 Å². The Balaban J connectivity index is 0.00000220. The lowest BCUT2D eigenvalue weighted by Crippen LogP contribution is -2.37. The normalized spacial score (nSPS) is 11.5. The number of benzene rings is 1. The first kappa shape index (κ1) is 18.1. The fraction of sp³-hybridized carbons (Fsp3) is 0.400. The monoisotopic (exact) mass is 420 g/mol. The molecule has 0 aliphatic carbocycles. The highest BCUT2D eigenvalue weighted by atomic mass is 127. The molecule has 0 saturated heterocycles. The second-order valence-electron chi connectivity index (χ2n) is 4.67. The number of rotatable bonds is 5. The van der Waals surface area contributed by atoms with E-state index in [0.717, 1.165) is 35.4 Å². The largest absolute Gasteiger partial charge is 0.370 e. The van der Waals surface area contributed by atoms with Crippen LogP contribution >= 0.6 is 35.6 Å². The summed E-state index contributed by atoms with van der Waals surface area (Å²) >= 11 is 6.04. The number of halogens is 2. The third kappa shape index (κ3) is 4.51. The van der Waals surface area contributed by atoms with Gasteiger partial charge in [0.15, 0.2) is 5.96 Å². The quantitative estimate of drug-likeness (QED) is 0.441. The fourth-order valence-electron chi connectivity index (χ4n) is 2.30. The minimum Gasteiger partial charge on any atom is -0.370 e. The van der Waals surface area contributed by atoms with E-state index in [1.807, 2.05) is 29.3 Å². The molecule has 0 atom stereocenters. The zero-order valence-electron chi connectivity index (χ0n) is 12.4. The number of hydrogen-bond donors (Lipinski definition) is 2. The van der Waals surface area contributed by atoms with Crippen molar-refractivity contribution in [3.63, 3.8) is 0 Å². The van der Waals surface area contributed by atoms with Crippen molar-refractivity contribution in [1.82, 2.24) is 9.88 Å². The van der Waals surface area contributed by atoms with Crippen molar-refractivity contribution in [2.24, 2.45) is 10.7 Å². The summed E-state index contributed by atoms with van der Waals surface area (Å²) in [4.78, 5) is 9.74. The molecular weight excluding hydrogens is 399 g/mol. The molecule has 4 nitrogen and oxygen atoms in total. The van der Waals surface area contributed by atoms with Gasteiger partial charge in [-0.15, -0.1) is 24.0 Å². The zero-order valence-corrected chi connectivity index (χ0v) is 15.5. The molecule has 1 heterocycles. The van der Waals surface area contributed by atoms with Crippen LogP contribution in [0.1, 0.15) is 19.4 Å². The van der Waals surface area contributed by atoms with Crippen molar-refractivity contribution in [1.29, 1.82) is 0 Å². The predicted molar refractivity (Wildman–Crippen MR) is 102 cm³/mol. The molecule has 1 aromatic carbocycles. The molecule has 116 valence electrons. The Hall–Kier alpha value is -0.950. The number of aliphatic imine (C=N–C) groups is 1. The first-order valence-electron chi connectivity index (χ1n) is 6.96. The summed E-state index contributed by atoms with van der Waals surface area (Å²) in [7, 11) is 0. The van der Waals surface area contributed by atoms with Gasteiger partial charge in [-0.3, -0.25) is 4.99 Å². The predicted octanol–water partition coefficient (Wildman–Crippen LogP) is 3.64. The van der Waals surface area contributed by atoms with Crippen LogP contribution < -0.4 is 5.73 Å². The van der Waals surface area contributed by atoms with Gasteiger partial charge in [-0.2, -0.15) is 0 Å². The van der Waals surface area contributed by atoms with Crippen molar-refractivity contribution in [2.45, 2.75) is 20.3 Å². The van der Waals surface area contributed by atoms with Gasteiger partial charge in [-0.1, -0.05) is 11.6 Å². The van der Waals surface area contributed by atoms with Gasteiger partial charge in [0.25, 0.3) is 0 Å². The molecule has 3 N–H and O–H groups in total. The topological polar surface area (TPSA) is 57.4 Å². The lowest BCUT2D eigenvalue weighted by atomic mass is 10.1. The van der Waals surface area contributed by atoms with Crippen LogP contribution in [0.15, 0.2) is 29.4 Å². The summed E-state index contributed by atoms with van der Waals surface area (Å²) in [5.41, 5.74) is 8.29. The molecule has 6 heteroatoms. The zero-order chi connectivity index (χ0) is 14.5. The van der Waals surface area contributed by atoms with Crippen LogP contribution in [0.3, 0.4) is 0 Å². The molecule has 0 aliphatic rings. The van der Waals surface area contributed by atoms with E-state index in [0.29, 0.717) is 12.5 Å². The van der Waals surface area contributed by atoms with Crippen LogP contribution in [0, 0.1) is 0 Å². The number of H-pyrrole nitrogens is 1. The molecule has 1 aromatic heterocycles. The van der Waals surface area contributed by atoms with Crippen molar-refractivity contribution >= 4 is 52.4 Å². The van der Waals surface area contributed by atoms with Gasteiger partial charge in [0.2, 0.25) is 0 Å². The molecule has 0 radical (unpaired) electrons. The highest BCUT2D eigenvalue weighted by Gasteiger charge is 2.05. The lowest BCUT2D eigenvalue weighted by molar-refractivity contribution is 0.458. The van der Waals surface area contributed by atoms with Crippen molar-refractivity contribution in [2.75, 3.05) is 19.6 Å². The van der Waals surface area contributed by atoms with Crippen molar-refractivity contribution in [3.8, 4) is 0 Å². The van der Waals surface area contributed by atoms with Gasteiger partial charge in [0.05, 0.1) is 0 Å². The molecule has 0 aliphatic heterocycles. The average molecular weight is 421 g/mol. The highest BCUT2D eigenvalue weighted by molar-refractivity contribution is 14.0. The maximum Gasteiger partial charge on any atom is 0.191 e. The fourth-order valence-corrected chi connectivity index (χ4v) is 2.47. The van der Waals surface area contributed by atoms with Gasteiger partial charge in [-0.05, 0) is 44.0 Å². The van der Waals surface area contributed by atoms with E-state index in [1.165, 1.54) is 5.56 Å². The Morgan fingerprint density at radius 1 is 1.33 bits per heavy atom. The number of nitrogens with two attached hydrogens (primary N) is 1. The van der Waals surface area contributed by atoms with Crippen LogP contribution in [0.4, 0.5) is 0 Å². The van der Waals surface area contributed by atoms with Gasteiger partial charge >= 0.3 is 0 Å². The second kappa shape index (κ2) is 8.48. The van der Waals surface area contributed by atoms with Crippen LogP contribution in [0.2, 0.25) is 5.02 Å². The SMILES string of the molecule is CCN(CC)C(N)=NCCc1c[nH]c2ccc(Cl)cc12.I. The number of aromatic nitrogens is 1. The van der Waals surface area contributed by atoms with E-state index >= 15 is 0 Å². The van der Waals surface area contributed by atoms with Crippen LogP contribution in [-0.4, -0.2) is 35.5 Å². The number of fused-ring (bicyclic) bond motifs is 1. The molecule has 21 heavy (non-hydrogen) atoms. The minimum atomic E-state index is 0. The number of aromatic amines is 1. The van der Waals surface area contributed by atoms with E-state index < -0.39 is 0 Å². The summed E-state index contributed by atoms with van der Waals surface area (Å²) in [6.45, 7) is 6.60. The van der Waals surface area contributed by atoms with Gasteiger partial charge in [-0.25, -0.2) is 0 Å². The maximum atomic E-state index is 6.04. The molecule has 0 spiro atoms. The van der Waals surface area contributed by atoms with E-state index in [-0.39, 0.29) is 24.0 Å². The summed E-state index contributed by atoms with van der Waals surface area (Å²) in [6, 6.07) is 5.87. The second-order valence-corrected chi connectivity index (χ2v) is 5.10. The Bertz CT molecular complexity index is 605. The molecule has 0 saturated carbocycles. The van der Waals surface area contributed by atoms with Crippen molar-refractivity contribution < 1.29 is 0 Å². The molecular formula is C15H22ClIN4. The first-order valence-corrected chi connectivity index (χ1v) is 7.33. The van der Waals surface area contributed by atoms with E-state index in [9.17, 15) is 0 Å². The Labute approximate surface area is 147 Å². The molecule has 0 unspecified atom stereocenters. The molecule has 0 bridgehead atoms. The maximum absolute atomic E-state index is 6.04. The Morgan fingerprint density at radius 2 is 2.05 bits per heavy atom. The van der Waals surface area contributed by atoms with Crippen LogP contribution in [-0.2, 0) is 6.42 Å². The standard InChI is InChI=1S/C15H21ClN4.HI/c1-3-20(4-2)15(17)18-8-7-11-10-19-14-6-5-12(16)9-13(11)14;/h5-6,9-10,19H,3-4,7-8H2,1-2H3,(H2,17,18);1H. The summed E-state index contributed by atoms with van der Waals surface area (Å²) in [5.74, 6) is 0.618. The van der Waals surface area contributed by atoms with Crippen molar-refractivity contribution in [3.05, 3.63) is 35.0 Å². The van der Waals surface area contributed by atoms with Gasteiger partial charge < -0.3 is 15.6 Å².